The maximum atomic E-state index is 12.7. The summed E-state index contributed by atoms with van der Waals surface area (Å²) in [4.78, 5) is 35.3. The van der Waals surface area contributed by atoms with Crippen molar-refractivity contribution in [1.29, 1.82) is 0 Å². The first kappa shape index (κ1) is 81.0. The molecular formula is C73H138NO8P. The van der Waals surface area contributed by atoms with E-state index in [0.717, 1.165) is 57.8 Å². The second-order valence-electron chi connectivity index (χ2n) is 24.5. The summed E-state index contributed by atoms with van der Waals surface area (Å²) in [5, 5.41) is 0. The van der Waals surface area contributed by atoms with Crippen molar-refractivity contribution in [1.82, 2.24) is 0 Å². The van der Waals surface area contributed by atoms with Gasteiger partial charge in [0.2, 0.25) is 0 Å². The first-order valence-electron chi connectivity index (χ1n) is 36.1. The number of unbranched alkanes of at least 4 members (excludes halogenated alkanes) is 48. The molecule has 0 radical (unpaired) electrons. The minimum Gasteiger partial charge on any atom is -0.462 e. The van der Waals surface area contributed by atoms with Gasteiger partial charge in [0.1, 0.15) is 6.61 Å². The number of allylic oxidation sites excluding steroid dienone is 8. The Labute approximate surface area is 515 Å². The molecule has 0 fully saturated rings. The topological polar surface area (TPSA) is 134 Å². The fraction of sp³-hybridized carbons (Fsp3) is 0.863. The standard InChI is InChI=1S/C73H138NO8P/c1-3-5-7-9-11-13-15-17-19-21-23-25-27-28-29-30-31-32-33-34-35-36-37-38-39-40-41-42-44-45-47-49-51-53-55-57-59-61-63-65-72(75)79-69-71(70-81-83(77,78)80-68-67-74)82-73(76)66-64-62-60-58-56-54-52-50-48-46-43-26-24-22-20-18-16-14-12-10-8-6-4-2/h16,18,21-24,43,46,71H,3-15,17,19-20,25-42,44-45,47-70,74H2,1-2H3,(H,77,78)/b18-16-,23-21-,24-22-,46-43-. The number of hydrogen-bond donors (Lipinski definition) is 2. The second kappa shape index (κ2) is 69.1. The van der Waals surface area contributed by atoms with Crippen LogP contribution in [0.3, 0.4) is 0 Å². The van der Waals surface area contributed by atoms with Gasteiger partial charge in [0.15, 0.2) is 6.10 Å². The van der Waals surface area contributed by atoms with Gasteiger partial charge in [0, 0.05) is 19.4 Å². The van der Waals surface area contributed by atoms with Crippen molar-refractivity contribution in [2.75, 3.05) is 26.4 Å². The van der Waals surface area contributed by atoms with Crippen molar-refractivity contribution < 1.29 is 37.6 Å². The highest BCUT2D eigenvalue weighted by Gasteiger charge is 2.26. The second-order valence-corrected chi connectivity index (χ2v) is 25.9. The van der Waals surface area contributed by atoms with Gasteiger partial charge in [-0.15, -0.1) is 0 Å². The summed E-state index contributed by atoms with van der Waals surface area (Å²) in [6.07, 6.45) is 88.0. The van der Waals surface area contributed by atoms with Crippen molar-refractivity contribution in [3.63, 3.8) is 0 Å². The van der Waals surface area contributed by atoms with Gasteiger partial charge >= 0.3 is 19.8 Å². The molecule has 0 aromatic rings. The Balaban J connectivity index is 3.77. The molecule has 2 atom stereocenters. The molecule has 3 N–H and O–H groups in total. The molecule has 0 spiro atoms. The minimum absolute atomic E-state index is 0.0526. The van der Waals surface area contributed by atoms with Crippen LogP contribution in [0.2, 0.25) is 0 Å². The van der Waals surface area contributed by atoms with E-state index in [1.165, 1.54) is 283 Å². The van der Waals surface area contributed by atoms with Gasteiger partial charge < -0.3 is 20.1 Å². The minimum atomic E-state index is -4.39. The van der Waals surface area contributed by atoms with Crippen molar-refractivity contribution >= 4 is 19.8 Å². The third kappa shape index (κ3) is 68.9. The highest BCUT2D eigenvalue weighted by molar-refractivity contribution is 7.47. The molecule has 0 aromatic heterocycles. The van der Waals surface area contributed by atoms with Gasteiger partial charge in [-0.25, -0.2) is 4.57 Å². The highest BCUT2D eigenvalue weighted by Crippen LogP contribution is 2.43. The zero-order chi connectivity index (χ0) is 60.1. The fourth-order valence-corrected chi connectivity index (χ4v) is 11.6. The molecular weight excluding hydrogens is 1050 g/mol. The summed E-state index contributed by atoms with van der Waals surface area (Å²) in [7, 11) is -4.39. The Morgan fingerprint density at radius 1 is 0.361 bits per heavy atom. The number of rotatable bonds is 69. The van der Waals surface area contributed by atoms with Crippen LogP contribution < -0.4 is 5.73 Å². The lowest BCUT2D eigenvalue weighted by Gasteiger charge is -2.19. The van der Waals surface area contributed by atoms with E-state index in [1.54, 1.807) is 0 Å². The molecule has 0 heterocycles. The summed E-state index contributed by atoms with van der Waals surface area (Å²) < 4.78 is 33.2. The number of hydrogen-bond acceptors (Lipinski definition) is 8. The normalized spacial score (nSPS) is 13.2. The lowest BCUT2D eigenvalue weighted by Crippen LogP contribution is -2.29. The monoisotopic (exact) mass is 1190 g/mol. The molecule has 488 valence electrons. The van der Waals surface area contributed by atoms with Gasteiger partial charge in [-0.05, 0) is 77.0 Å². The molecule has 0 aliphatic heterocycles. The van der Waals surface area contributed by atoms with Gasteiger partial charge in [-0.3, -0.25) is 18.6 Å². The number of carbonyl (C=O) groups is 2. The van der Waals surface area contributed by atoms with Crippen molar-refractivity contribution in [3.05, 3.63) is 48.6 Å². The maximum Gasteiger partial charge on any atom is 0.472 e. The molecule has 2 unspecified atom stereocenters. The highest BCUT2D eigenvalue weighted by atomic mass is 31.2. The van der Waals surface area contributed by atoms with Crippen LogP contribution in [-0.4, -0.2) is 49.3 Å². The number of ether oxygens (including phenoxy) is 2. The van der Waals surface area contributed by atoms with Gasteiger partial charge in [0.05, 0.1) is 13.2 Å². The van der Waals surface area contributed by atoms with Gasteiger partial charge in [-0.2, -0.15) is 0 Å². The van der Waals surface area contributed by atoms with Gasteiger partial charge in [-0.1, -0.05) is 332 Å². The van der Waals surface area contributed by atoms with Gasteiger partial charge in [0.25, 0.3) is 0 Å². The summed E-state index contributed by atoms with van der Waals surface area (Å²) in [6, 6.07) is 0. The molecule has 83 heavy (non-hydrogen) atoms. The van der Waals surface area contributed by atoms with Crippen LogP contribution in [0.5, 0.6) is 0 Å². The number of phosphoric acid groups is 1. The van der Waals surface area contributed by atoms with Crippen LogP contribution in [0.1, 0.15) is 373 Å². The van der Waals surface area contributed by atoms with E-state index in [-0.39, 0.29) is 38.6 Å². The Morgan fingerprint density at radius 2 is 0.627 bits per heavy atom. The van der Waals surface area contributed by atoms with E-state index in [2.05, 4.69) is 62.5 Å². The van der Waals surface area contributed by atoms with Crippen molar-refractivity contribution in [2.24, 2.45) is 5.73 Å². The largest absolute Gasteiger partial charge is 0.472 e. The first-order valence-corrected chi connectivity index (χ1v) is 37.6. The lowest BCUT2D eigenvalue weighted by molar-refractivity contribution is -0.161. The molecule has 0 bridgehead atoms. The van der Waals surface area contributed by atoms with E-state index in [0.29, 0.717) is 6.42 Å². The van der Waals surface area contributed by atoms with Crippen LogP contribution in [0.15, 0.2) is 48.6 Å². The van der Waals surface area contributed by atoms with E-state index in [9.17, 15) is 19.0 Å². The zero-order valence-corrected chi connectivity index (χ0v) is 55.8. The third-order valence-electron chi connectivity index (χ3n) is 16.2. The molecule has 0 aliphatic carbocycles. The van der Waals surface area contributed by atoms with Crippen LogP contribution in [0.4, 0.5) is 0 Å². The third-order valence-corrected chi connectivity index (χ3v) is 17.2. The Morgan fingerprint density at radius 3 is 0.940 bits per heavy atom. The molecule has 0 amide bonds. The first-order chi connectivity index (χ1) is 40.8. The van der Waals surface area contributed by atoms with Crippen LogP contribution in [-0.2, 0) is 32.7 Å². The molecule has 0 aliphatic rings. The van der Waals surface area contributed by atoms with E-state index >= 15 is 0 Å². The fourth-order valence-electron chi connectivity index (χ4n) is 10.8. The van der Waals surface area contributed by atoms with Crippen molar-refractivity contribution in [3.8, 4) is 0 Å². The summed E-state index contributed by atoms with van der Waals surface area (Å²) in [5.41, 5.74) is 5.40. The molecule has 0 aromatic carbocycles. The smallest absolute Gasteiger partial charge is 0.462 e. The van der Waals surface area contributed by atoms with Crippen LogP contribution in [0.25, 0.3) is 0 Å². The van der Waals surface area contributed by atoms with Crippen LogP contribution in [0, 0.1) is 0 Å². The van der Waals surface area contributed by atoms with E-state index in [1.807, 2.05) is 0 Å². The number of nitrogens with two attached hydrogens (primary N) is 1. The van der Waals surface area contributed by atoms with Crippen LogP contribution >= 0.6 is 7.82 Å². The predicted molar refractivity (Wildman–Crippen MR) is 358 cm³/mol. The molecule has 0 saturated carbocycles. The SMILES string of the molecule is CCCCCCC/C=C\C/C=C\C/C=C\CCCCCCCCCCC(=O)OC(COC(=O)CCCCCCCCCCCCCCCCCCCCCCCCCCCCC/C=C\CCCCCCCCCC)COP(=O)(O)OCCN. The molecule has 0 rings (SSSR count). The predicted octanol–water partition coefficient (Wildman–Crippen LogP) is 23.6. The quantitative estimate of drug-likeness (QED) is 0.0264. The number of esters is 2. The van der Waals surface area contributed by atoms with E-state index in [4.69, 9.17) is 24.3 Å². The zero-order valence-electron chi connectivity index (χ0n) is 55.0. The average molecular weight is 1190 g/mol. The average Bonchev–Trinajstić information content (AvgIpc) is 3.48. The lowest BCUT2D eigenvalue weighted by atomic mass is 10.0. The molecule has 10 heteroatoms. The Kier molecular flexibility index (Phi) is 67.4. The molecule has 0 saturated heterocycles. The summed E-state index contributed by atoms with van der Waals surface area (Å²) in [5.74, 6) is -0.819. The maximum absolute atomic E-state index is 12.7. The Bertz CT molecular complexity index is 1500. The summed E-state index contributed by atoms with van der Waals surface area (Å²) in [6.45, 7) is 3.78. The van der Waals surface area contributed by atoms with Crippen molar-refractivity contribution in [2.45, 2.75) is 380 Å². The summed E-state index contributed by atoms with van der Waals surface area (Å²) >= 11 is 0. The number of phosphoric ester groups is 1. The Hall–Kier alpha value is -2.03. The molecule has 9 nitrogen and oxygen atoms in total. The van der Waals surface area contributed by atoms with E-state index < -0.39 is 26.5 Å². The number of carbonyl (C=O) groups excluding carboxylic acids is 2.